The van der Waals surface area contributed by atoms with Crippen molar-refractivity contribution in [2.75, 3.05) is 6.61 Å². The van der Waals surface area contributed by atoms with Crippen LogP contribution in [-0.2, 0) is 24.1 Å². The molecule has 0 saturated heterocycles. The van der Waals surface area contributed by atoms with Crippen LogP contribution in [-0.4, -0.2) is 42.1 Å². The van der Waals surface area contributed by atoms with Crippen molar-refractivity contribution in [2.45, 2.75) is 25.4 Å². The maximum atomic E-state index is 12.6. The van der Waals surface area contributed by atoms with Gasteiger partial charge < -0.3 is 19.6 Å². The highest BCUT2D eigenvalue weighted by atomic mass is 19.4. The lowest BCUT2D eigenvalue weighted by Gasteiger charge is -2.22. The highest BCUT2D eigenvalue weighted by molar-refractivity contribution is 5.56. The van der Waals surface area contributed by atoms with E-state index in [-0.39, 0.29) is 31.1 Å². The molecule has 156 valence electrons. The van der Waals surface area contributed by atoms with Crippen molar-refractivity contribution in [3.05, 3.63) is 58.4 Å². The zero-order chi connectivity index (χ0) is 21.3. The molecule has 4 heterocycles. The number of rotatable bonds is 5. The molecule has 0 spiro atoms. The quantitative estimate of drug-likeness (QED) is 0.455. The van der Waals surface area contributed by atoms with E-state index in [1.54, 1.807) is 0 Å². The van der Waals surface area contributed by atoms with E-state index in [1.165, 1.54) is 29.2 Å². The first-order chi connectivity index (χ1) is 14.3. The molecule has 0 unspecified atom stereocenters. The molecule has 3 aromatic heterocycles. The molecule has 4 rings (SSSR count). The molecule has 0 fully saturated rings. The molecule has 0 N–H and O–H groups in total. The van der Waals surface area contributed by atoms with Gasteiger partial charge in [0, 0.05) is 16.7 Å². The molecule has 0 bridgehead atoms. The van der Waals surface area contributed by atoms with Gasteiger partial charge >= 0.3 is 18.0 Å². The summed E-state index contributed by atoms with van der Waals surface area (Å²) in [6.07, 6.45) is 0.354. The number of imidazole rings is 1. The van der Waals surface area contributed by atoms with E-state index in [0.717, 1.165) is 12.3 Å². The fourth-order valence-corrected chi connectivity index (χ4v) is 2.75. The third-order valence-corrected chi connectivity index (χ3v) is 4.23. The van der Waals surface area contributed by atoms with Crippen LogP contribution in [0.3, 0.4) is 0 Å². The maximum Gasteiger partial charge on any atom is 0.433 e. The van der Waals surface area contributed by atoms with Crippen LogP contribution in [0, 0.1) is 10.1 Å². The van der Waals surface area contributed by atoms with Gasteiger partial charge in [-0.1, -0.05) is 0 Å². The highest BCUT2D eigenvalue weighted by Crippen LogP contribution is 2.28. The summed E-state index contributed by atoms with van der Waals surface area (Å²) in [6, 6.07) is 2.32. The van der Waals surface area contributed by atoms with Crippen LogP contribution >= 0.6 is 0 Å². The van der Waals surface area contributed by atoms with Gasteiger partial charge in [0.25, 0.3) is 0 Å². The first kappa shape index (κ1) is 19.7. The molecule has 1 aliphatic rings. The highest BCUT2D eigenvalue weighted by Gasteiger charge is 2.32. The monoisotopic (exact) mass is 422 g/mol. The zero-order valence-electron chi connectivity index (χ0n) is 15.1. The summed E-state index contributed by atoms with van der Waals surface area (Å²) >= 11 is 0. The fourth-order valence-electron chi connectivity index (χ4n) is 2.75. The Labute approximate surface area is 166 Å². The summed E-state index contributed by atoms with van der Waals surface area (Å²) in [5.41, 5.74) is 0.292. The van der Waals surface area contributed by atoms with E-state index in [0.29, 0.717) is 23.5 Å². The van der Waals surface area contributed by atoms with Crippen LogP contribution in [0.25, 0.3) is 11.3 Å². The van der Waals surface area contributed by atoms with Gasteiger partial charge in [-0.05, 0) is 17.1 Å². The van der Waals surface area contributed by atoms with Crippen LogP contribution in [0.5, 0.6) is 6.01 Å². The Balaban J connectivity index is 1.35. The van der Waals surface area contributed by atoms with E-state index in [2.05, 4.69) is 19.9 Å². The predicted molar refractivity (Wildman–Crippen MR) is 93.2 cm³/mol. The number of hydrogen-bond donors (Lipinski definition) is 0. The van der Waals surface area contributed by atoms with Gasteiger partial charge in [0.1, 0.15) is 24.6 Å². The van der Waals surface area contributed by atoms with Crippen molar-refractivity contribution in [1.82, 2.24) is 24.5 Å². The average Bonchev–Trinajstić information content (AvgIpc) is 3.16. The smallest absolute Gasteiger partial charge is 0.433 e. The number of nitrogens with zero attached hydrogens (tertiary/aromatic N) is 6. The lowest BCUT2D eigenvalue weighted by Crippen LogP contribution is -2.32. The van der Waals surface area contributed by atoms with Crippen LogP contribution in [0.15, 0.2) is 36.9 Å². The van der Waals surface area contributed by atoms with E-state index in [1.807, 2.05) is 0 Å². The SMILES string of the molecule is O=[N+]([O-])c1cn2c(n1)OC[C@@H](OCc1cnc(-c3ccc(C(F)(F)F)nc3)cn1)C2. The second-order valence-electron chi connectivity index (χ2n) is 6.36. The second kappa shape index (κ2) is 7.67. The molecule has 10 nitrogen and oxygen atoms in total. The number of fused-ring (bicyclic) bond motifs is 1. The lowest BCUT2D eigenvalue weighted by molar-refractivity contribution is -0.389. The fraction of sp³-hybridized carbons (Fsp3) is 0.294. The molecule has 13 heteroatoms. The lowest BCUT2D eigenvalue weighted by atomic mass is 10.2. The number of ether oxygens (including phenoxy) is 2. The molecular formula is C17H13F3N6O4. The summed E-state index contributed by atoms with van der Waals surface area (Å²) in [5, 5.41) is 10.8. The van der Waals surface area contributed by atoms with Gasteiger partial charge in [-0.2, -0.15) is 13.2 Å². The van der Waals surface area contributed by atoms with Crippen molar-refractivity contribution in [2.24, 2.45) is 0 Å². The molecule has 1 aliphatic heterocycles. The number of aromatic nitrogens is 5. The summed E-state index contributed by atoms with van der Waals surface area (Å²) in [5.74, 6) is -0.301. The van der Waals surface area contributed by atoms with E-state index in [9.17, 15) is 23.3 Å². The Kier molecular flexibility index (Phi) is 5.03. The van der Waals surface area contributed by atoms with Gasteiger partial charge in [-0.3, -0.25) is 19.5 Å². The van der Waals surface area contributed by atoms with Gasteiger partial charge in [0.05, 0.1) is 36.9 Å². The molecule has 0 aromatic carbocycles. The Bertz CT molecular complexity index is 1050. The molecular weight excluding hydrogens is 409 g/mol. The standard InChI is InChI=1S/C17H13F3N6O4/c18-17(19,20)14-2-1-10(3-23-14)13-5-21-11(4-22-13)8-29-12-6-25-7-15(26(27)28)24-16(25)30-9-12/h1-5,7,12H,6,8-9H2/t12-/m0/s1. The molecule has 0 radical (unpaired) electrons. The van der Waals surface area contributed by atoms with E-state index in [4.69, 9.17) is 9.47 Å². The molecule has 1 atom stereocenters. The summed E-state index contributed by atoms with van der Waals surface area (Å²) in [6.45, 7) is 0.620. The largest absolute Gasteiger partial charge is 0.443 e. The number of pyridine rings is 1. The molecule has 0 amide bonds. The zero-order valence-corrected chi connectivity index (χ0v) is 15.1. The van der Waals surface area contributed by atoms with Crippen molar-refractivity contribution >= 4 is 5.82 Å². The van der Waals surface area contributed by atoms with Gasteiger partial charge in [0.2, 0.25) is 0 Å². The van der Waals surface area contributed by atoms with Crippen LogP contribution in [0.4, 0.5) is 19.0 Å². The van der Waals surface area contributed by atoms with Crippen molar-refractivity contribution in [3.63, 3.8) is 0 Å². The van der Waals surface area contributed by atoms with Gasteiger partial charge in [0.15, 0.2) is 0 Å². The Morgan fingerprint density at radius 1 is 1.23 bits per heavy atom. The molecule has 3 aromatic rings. The third-order valence-electron chi connectivity index (χ3n) is 4.23. The molecule has 30 heavy (non-hydrogen) atoms. The Hall–Kier alpha value is -3.61. The number of alkyl halides is 3. The summed E-state index contributed by atoms with van der Waals surface area (Å²) < 4.78 is 50.3. The van der Waals surface area contributed by atoms with Crippen molar-refractivity contribution in [1.29, 1.82) is 0 Å². The predicted octanol–water partition coefficient (Wildman–Crippen LogP) is 2.64. The van der Waals surface area contributed by atoms with Crippen LogP contribution in [0.2, 0.25) is 0 Å². The Morgan fingerprint density at radius 3 is 2.70 bits per heavy atom. The van der Waals surface area contributed by atoms with Crippen molar-refractivity contribution < 1.29 is 27.6 Å². The van der Waals surface area contributed by atoms with Crippen LogP contribution < -0.4 is 4.74 Å². The average molecular weight is 422 g/mol. The minimum absolute atomic E-state index is 0.110. The molecule has 0 aliphatic carbocycles. The minimum atomic E-state index is -4.50. The van der Waals surface area contributed by atoms with Crippen LogP contribution in [0.1, 0.15) is 11.4 Å². The second-order valence-corrected chi connectivity index (χ2v) is 6.36. The Morgan fingerprint density at radius 2 is 2.07 bits per heavy atom. The summed E-state index contributed by atoms with van der Waals surface area (Å²) in [4.78, 5) is 25.7. The van der Waals surface area contributed by atoms with E-state index < -0.39 is 16.8 Å². The minimum Gasteiger partial charge on any atom is -0.443 e. The number of nitro groups is 1. The van der Waals surface area contributed by atoms with E-state index >= 15 is 0 Å². The van der Waals surface area contributed by atoms with Gasteiger partial charge in [-0.25, -0.2) is 0 Å². The van der Waals surface area contributed by atoms with Gasteiger partial charge in [-0.15, -0.1) is 0 Å². The first-order valence-corrected chi connectivity index (χ1v) is 8.60. The topological polar surface area (TPSA) is 118 Å². The van der Waals surface area contributed by atoms with Crippen molar-refractivity contribution in [3.8, 4) is 17.3 Å². The number of halogens is 3. The molecule has 0 saturated carbocycles. The summed E-state index contributed by atoms with van der Waals surface area (Å²) in [7, 11) is 0. The number of hydrogen-bond acceptors (Lipinski definition) is 8. The maximum absolute atomic E-state index is 12.6. The first-order valence-electron chi connectivity index (χ1n) is 8.60. The third kappa shape index (κ3) is 4.20. The normalized spacial score (nSPS) is 16.0.